The van der Waals surface area contributed by atoms with Gasteiger partial charge in [-0.1, -0.05) is 165 Å². The summed E-state index contributed by atoms with van der Waals surface area (Å²) in [5, 5.41) is 0. The van der Waals surface area contributed by atoms with Gasteiger partial charge in [-0.05, 0) is 71.6 Å². The summed E-state index contributed by atoms with van der Waals surface area (Å²) < 4.78 is 0. The Hall–Kier alpha value is -1.56. The third-order valence-electron chi connectivity index (χ3n) is 10.3. The second-order valence-corrected chi connectivity index (χ2v) is 13.2. The molecule has 0 unspecified atom stereocenters. The SMILES string of the molecule is CCCCCCC[C@H]1CC[C@H](CCc2ccc(-c3ccc(CC[C@H]4CC[C@H](CCC)CC4)cc3)cc2)CC1. The van der Waals surface area contributed by atoms with Crippen molar-refractivity contribution in [1.82, 2.24) is 0 Å². The van der Waals surface area contributed by atoms with Gasteiger partial charge >= 0.3 is 0 Å². The molecule has 2 aliphatic carbocycles. The fraction of sp³-hybridized carbons (Fsp3) is 0.684. The normalized spacial score (nSPS) is 23.9. The maximum atomic E-state index is 2.39. The van der Waals surface area contributed by atoms with Gasteiger partial charge in [0.25, 0.3) is 0 Å². The molecular weight excluding hydrogens is 456 g/mol. The predicted octanol–water partition coefficient (Wildman–Crippen LogP) is 12.0. The van der Waals surface area contributed by atoms with Crippen molar-refractivity contribution in [2.24, 2.45) is 23.7 Å². The van der Waals surface area contributed by atoms with Crippen LogP contribution >= 0.6 is 0 Å². The highest BCUT2D eigenvalue weighted by molar-refractivity contribution is 5.64. The standard InChI is InChI=1S/C38H58/c1-3-5-6-7-8-10-32-13-17-34(18-14-32)20-22-36-25-29-38(30-26-36)37-27-23-35(24-28-37)21-19-33-15-11-31(9-4-2)12-16-33/h23-34H,3-22H2,1-2H3/t31-,32-,33-,34-. The van der Waals surface area contributed by atoms with Gasteiger partial charge in [0.1, 0.15) is 0 Å². The van der Waals surface area contributed by atoms with Crippen LogP contribution in [-0.4, -0.2) is 0 Å². The maximum Gasteiger partial charge on any atom is -0.0184 e. The molecule has 0 aliphatic heterocycles. The van der Waals surface area contributed by atoms with Gasteiger partial charge in [0.15, 0.2) is 0 Å². The number of unbranched alkanes of at least 4 members (excludes halogenated alkanes) is 4. The quantitative estimate of drug-likeness (QED) is 0.207. The number of hydrogen-bond acceptors (Lipinski definition) is 0. The lowest BCUT2D eigenvalue weighted by Crippen LogP contribution is -2.15. The molecule has 0 N–H and O–H groups in total. The lowest BCUT2D eigenvalue weighted by atomic mass is 9.77. The first-order valence-electron chi connectivity index (χ1n) is 16.9. The highest BCUT2D eigenvalue weighted by Gasteiger charge is 2.21. The van der Waals surface area contributed by atoms with Gasteiger partial charge in [-0.2, -0.15) is 0 Å². The molecule has 4 rings (SSSR count). The molecule has 0 bridgehead atoms. The average molecular weight is 515 g/mol. The van der Waals surface area contributed by atoms with Crippen molar-refractivity contribution in [1.29, 1.82) is 0 Å². The van der Waals surface area contributed by atoms with Crippen LogP contribution in [0.5, 0.6) is 0 Å². The Balaban J connectivity index is 1.13. The first-order valence-corrected chi connectivity index (χ1v) is 16.9. The second kappa shape index (κ2) is 16.5. The monoisotopic (exact) mass is 514 g/mol. The molecule has 0 saturated heterocycles. The third-order valence-corrected chi connectivity index (χ3v) is 10.3. The summed E-state index contributed by atoms with van der Waals surface area (Å²) in [6.45, 7) is 4.65. The van der Waals surface area contributed by atoms with E-state index in [9.17, 15) is 0 Å². The van der Waals surface area contributed by atoms with Crippen molar-refractivity contribution in [2.75, 3.05) is 0 Å². The van der Waals surface area contributed by atoms with Crippen molar-refractivity contribution < 1.29 is 0 Å². The van der Waals surface area contributed by atoms with Crippen molar-refractivity contribution in [3.63, 3.8) is 0 Å². The van der Waals surface area contributed by atoms with Crippen LogP contribution in [0.3, 0.4) is 0 Å². The van der Waals surface area contributed by atoms with Gasteiger partial charge in [-0.25, -0.2) is 0 Å². The Morgan fingerprint density at radius 1 is 0.421 bits per heavy atom. The zero-order valence-corrected chi connectivity index (χ0v) is 25.1. The highest BCUT2D eigenvalue weighted by atomic mass is 14.3. The minimum atomic E-state index is 0.963. The third kappa shape index (κ3) is 9.88. The Morgan fingerprint density at radius 3 is 1.24 bits per heavy atom. The average Bonchev–Trinajstić information content (AvgIpc) is 2.97. The molecule has 38 heavy (non-hydrogen) atoms. The Bertz CT molecular complexity index is 859. The minimum absolute atomic E-state index is 0.963. The van der Waals surface area contributed by atoms with E-state index in [0.717, 1.165) is 23.7 Å². The Morgan fingerprint density at radius 2 is 0.816 bits per heavy atom. The van der Waals surface area contributed by atoms with Crippen LogP contribution in [0.4, 0.5) is 0 Å². The number of hydrogen-bond donors (Lipinski definition) is 0. The van der Waals surface area contributed by atoms with E-state index < -0.39 is 0 Å². The Kier molecular flexibility index (Phi) is 12.8. The van der Waals surface area contributed by atoms with Gasteiger partial charge in [0, 0.05) is 0 Å². The Labute approximate surface area is 236 Å². The molecule has 0 radical (unpaired) electrons. The summed E-state index contributed by atoms with van der Waals surface area (Å²) in [7, 11) is 0. The molecule has 0 atom stereocenters. The van der Waals surface area contributed by atoms with Crippen LogP contribution < -0.4 is 0 Å². The van der Waals surface area contributed by atoms with Crippen LogP contribution in [-0.2, 0) is 12.8 Å². The summed E-state index contributed by atoms with van der Waals surface area (Å²) in [5.74, 6) is 3.98. The summed E-state index contributed by atoms with van der Waals surface area (Å²) in [6, 6.07) is 19.0. The van der Waals surface area contributed by atoms with Crippen LogP contribution in [0.1, 0.15) is 141 Å². The minimum Gasteiger partial charge on any atom is -0.0654 e. The molecule has 0 spiro atoms. The largest absolute Gasteiger partial charge is 0.0654 e. The molecule has 0 heteroatoms. The van der Waals surface area contributed by atoms with Gasteiger partial charge in [-0.3, -0.25) is 0 Å². The fourth-order valence-corrected chi connectivity index (χ4v) is 7.53. The maximum absolute atomic E-state index is 2.39. The molecule has 2 aromatic rings. The van der Waals surface area contributed by atoms with Gasteiger partial charge in [0.05, 0.1) is 0 Å². The van der Waals surface area contributed by atoms with Gasteiger partial charge < -0.3 is 0 Å². The number of benzene rings is 2. The molecule has 0 heterocycles. The predicted molar refractivity (Wildman–Crippen MR) is 168 cm³/mol. The van der Waals surface area contributed by atoms with E-state index in [1.165, 1.54) is 151 Å². The van der Waals surface area contributed by atoms with Crippen molar-refractivity contribution in [3.8, 4) is 11.1 Å². The van der Waals surface area contributed by atoms with Crippen LogP contribution in [0, 0.1) is 23.7 Å². The van der Waals surface area contributed by atoms with Crippen molar-refractivity contribution in [3.05, 3.63) is 59.7 Å². The van der Waals surface area contributed by atoms with Crippen LogP contribution in [0.25, 0.3) is 11.1 Å². The van der Waals surface area contributed by atoms with E-state index in [1.807, 2.05) is 0 Å². The van der Waals surface area contributed by atoms with Gasteiger partial charge in [-0.15, -0.1) is 0 Å². The van der Waals surface area contributed by atoms with E-state index in [0.29, 0.717) is 0 Å². The highest BCUT2D eigenvalue weighted by Crippen LogP contribution is 2.35. The smallest absolute Gasteiger partial charge is 0.0184 e. The van der Waals surface area contributed by atoms with Crippen LogP contribution in [0.15, 0.2) is 48.5 Å². The van der Waals surface area contributed by atoms with E-state index in [1.54, 1.807) is 0 Å². The molecule has 0 nitrogen and oxygen atoms in total. The zero-order valence-electron chi connectivity index (χ0n) is 25.1. The van der Waals surface area contributed by atoms with E-state index >= 15 is 0 Å². The van der Waals surface area contributed by atoms with Crippen molar-refractivity contribution in [2.45, 2.75) is 142 Å². The molecule has 2 saturated carbocycles. The lowest BCUT2D eigenvalue weighted by molar-refractivity contribution is 0.249. The number of rotatable bonds is 15. The van der Waals surface area contributed by atoms with Gasteiger partial charge in [0.2, 0.25) is 0 Å². The number of aryl methyl sites for hydroxylation is 2. The molecule has 210 valence electrons. The first-order chi connectivity index (χ1) is 18.7. The van der Waals surface area contributed by atoms with E-state index in [-0.39, 0.29) is 0 Å². The zero-order chi connectivity index (χ0) is 26.4. The molecular formula is C38H58. The van der Waals surface area contributed by atoms with Crippen LogP contribution in [0.2, 0.25) is 0 Å². The molecule has 0 aromatic heterocycles. The molecule has 0 amide bonds. The second-order valence-electron chi connectivity index (χ2n) is 13.2. The summed E-state index contributed by atoms with van der Waals surface area (Å²) in [6.07, 6.45) is 28.6. The fourth-order valence-electron chi connectivity index (χ4n) is 7.53. The summed E-state index contributed by atoms with van der Waals surface area (Å²) >= 11 is 0. The van der Waals surface area contributed by atoms with E-state index in [4.69, 9.17) is 0 Å². The lowest BCUT2D eigenvalue weighted by Gasteiger charge is -2.28. The summed E-state index contributed by atoms with van der Waals surface area (Å²) in [4.78, 5) is 0. The first kappa shape index (κ1) is 29.4. The topological polar surface area (TPSA) is 0 Å². The molecule has 2 aliphatic rings. The van der Waals surface area contributed by atoms with Crippen molar-refractivity contribution >= 4 is 0 Å². The summed E-state index contributed by atoms with van der Waals surface area (Å²) in [5.41, 5.74) is 5.78. The molecule has 2 fully saturated rings. The van der Waals surface area contributed by atoms with E-state index in [2.05, 4.69) is 62.4 Å². The molecule has 2 aromatic carbocycles.